The fourth-order valence-corrected chi connectivity index (χ4v) is 2.60. The zero-order chi connectivity index (χ0) is 13.7. The van der Waals surface area contributed by atoms with Crippen LogP contribution in [-0.4, -0.2) is 65.1 Å². The zero-order valence-corrected chi connectivity index (χ0v) is 12.1. The minimum absolute atomic E-state index is 0.164. The Morgan fingerprint density at radius 2 is 2.17 bits per heavy atom. The maximum absolute atomic E-state index is 12.2. The van der Waals surface area contributed by atoms with E-state index in [-0.39, 0.29) is 6.03 Å². The molecular weight excluding hydrogens is 252 g/mol. The third kappa shape index (κ3) is 3.80. The Kier molecular flexibility index (Phi) is 5.78. The number of thioether (sulfide) groups is 1. The molecule has 1 aliphatic rings. The second-order valence-electron chi connectivity index (χ2n) is 4.87. The van der Waals surface area contributed by atoms with Crippen molar-refractivity contribution in [2.75, 3.05) is 32.1 Å². The molecule has 1 heterocycles. The first-order valence-corrected chi connectivity index (χ1v) is 7.60. The molecule has 1 saturated heterocycles. The molecule has 6 heteroatoms. The first-order valence-electron chi connectivity index (χ1n) is 6.20. The fraction of sp³-hybridized carbons (Fsp3) is 0.833. The first kappa shape index (κ1) is 15.1. The number of amides is 2. The summed E-state index contributed by atoms with van der Waals surface area (Å²) >= 11 is 1.67. The van der Waals surface area contributed by atoms with E-state index in [0.717, 1.165) is 12.2 Å². The number of aliphatic carboxylic acids is 1. The quantitative estimate of drug-likeness (QED) is 0.845. The molecule has 5 nitrogen and oxygen atoms in total. The third-order valence-corrected chi connectivity index (χ3v) is 3.94. The van der Waals surface area contributed by atoms with Crippen LogP contribution in [-0.2, 0) is 4.79 Å². The van der Waals surface area contributed by atoms with E-state index >= 15 is 0 Å². The zero-order valence-electron chi connectivity index (χ0n) is 11.3. The maximum Gasteiger partial charge on any atom is 0.326 e. The van der Waals surface area contributed by atoms with Crippen LogP contribution in [0.25, 0.3) is 0 Å². The van der Waals surface area contributed by atoms with E-state index in [1.807, 2.05) is 13.2 Å². The van der Waals surface area contributed by atoms with Gasteiger partial charge in [0.2, 0.25) is 0 Å². The average molecular weight is 274 g/mol. The van der Waals surface area contributed by atoms with Crippen molar-refractivity contribution in [2.45, 2.75) is 25.8 Å². The van der Waals surface area contributed by atoms with Crippen molar-refractivity contribution in [1.29, 1.82) is 0 Å². The first-order chi connectivity index (χ1) is 8.47. The molecule has 1 rings (SSSR count). The van der Waals surface area contributed by atoms with Gasteiger partial charge in [-0.25, -0.2) is 9.59 Å². The van der Waals surface area contributed by atoms with Gasteiger partial charge in [-0.3, -0.25) is 0 Å². The molecule has 104 valence electrons. The molecule has 0 radical (unpaired) electrons. The van der Waals surface area contributed by atoms with Crippen molar-refractivity contribution in [3.63, 3.8) is 0 Å². The van der Waals surface area contributed by atoms with Gasteiger partial charge in [-0.1, -0.05) is 6.92 Å². The SMILES string of the molecule is CSCCN(C)C(=O)N1CCC(C)CC1C(=O)O. The Bertz CT molecular complexity index is 312. The average Bonchev–Trinajstić information content (AvgIpc) is 2.34. The Hall–Kier alpha value is -0.910. The van der Waals surface area contributed by atoms with Crippen LogP contribution in [0.3, 0.4) is 0 Å². The van der Waals surface area contributed by atoms with Crippen molar-refractivity contribution in [1.82, 2.24) is 9.80 Å². The van der Waals surface area contributed by atoms with Gasteiger partial charge in [0.05, 0.1) is 0 Å². The Morgan fingerprint density at radius 1 is 1.50 bits per heavy atom. The molecule has 1 N–H and O–H groups in total. The lowest BCUT2D eigenvalue weighted by molar-refractivity contribution is -0.144. The lowest BCUT2D eigenvalue weighted by atomic mass is 9.93. The number of carboxylic acids is 1. The molecule has 0 aliphatic carbocycles. The second kappa shape index (κ2) is 6.87. The van der Waals surface area contributed by atoms with Gasteiger partial charge in [-0.2, -0.15) is 11.8 Å². The van der Waals surface area contributed by atoms with Crippen LogP contribution in [0.15, 0.2) is 0 Å². The van der Waals surface area contributed by atoms with E-state index in [2.05, 4.69) is 0 Å². The van der Waals surface area contributed by atoms with Gasteiger partial charge in [0.1, 0.15) is 6.04 Å². The van der Waals surface area contributed by atoms with E-state index in [4.69, 9.17) is 0 Å². The molecule has 0 aromatic carbocycles. The molecule has 0 bridgehead atoms. The van der Waals surface area contributed by atoms with E-state index in [0.29, 0.717) is 25.4 Å². The predicted molar refractivity (Wildman–Crippen MR) is 72.9 cm³/mol. The Balaban J connectivity index is 2.66. The number of carboxylic acid groups (broad SMARTS) is 1. The second-order valence-corrected chi connectivity index (χ2v) is 5.86. The number of rotatable bonds is 4. The highest BCUT2D eigenvalue weighted by atomic mass is 32.2. The molecule has 0 aromatic rings. The van der Waals surface area contributed by atoms with Gasteiger partial charge in [0.25, 0.3) is 0 Å². The van der Waals surface area contributed by atoms with Crippen LogP contribution < -0.4 is 0 Å². The summed E-state index contributed by atoms with van der Waals surface area (Å²) in [7, 11) is 1.73. The molecule has 0 spiro atoms. The maximum atomic E-state index is 12.2. The Morgan fingerprint density at radius 3 is 2.72 bits per heavy atom. The summed E-state index contributed by atoms with van der Waals surface area (Å²) in [5.74, 6) is 0.337. The molecule has 1 aliphatic heterocycles. The number of likely N-dealkylation sites (tertiary alicyclic amines) is 1. The van der Waals surface area contributed by atoms with E-state index in [9.17, 15) is 14.7 Å². The highest BCUT2D eigenvalue weighted by Crippen LogP contribution is 2.23. The molecule has 0 saturated carbocycles. The van der Waals surface area contributed by atoms with Gasteiger partial charge in [-0.05, 0) is 25.0 Å². The lowest BCUT2D eigenvalue weighted by Gasteiger charge is -2.38. The van der Waals surface area contributed by atoms with Crippen molar-refractivity contribution < 1.29 is 14.7 Å². The predicted octanol–water partition coefficient (Wildman–Crippen LogP) is 1.59. The summed E-state index contributed by atoms with van der Waals surface area (Å²) in [6, 6.07) is -0.832. The summed E-state index contributed by atoms with van der Waals surface area (Å²) in [5.41, 5.74) is 0. The Labute approximate surface area is 113 Å². The van der Waals surface area contributed by atoms with E-state index in [1.54, 1.807) is 23.7 Å². The van der Waals surface area contributed by atoms with Gasteiger partial charge < -0.3 is 14.9 Å². The topological polar surface area (TPSA) is 60.9 Å². The van der Waals surface area contributed by atoms with Crippen LogP contribution in [0.2, 0.25) is 0 Å². The number of hydrogen-bond acceptors (Lipinski definition) is 3. The summed E-state index contributed by atoms with van der Waals surface area (Å²) in [4.78, 5) is 26.6. The highest BCUT2D eigenvalue weighted by Gasteiger charge is 2.35. The number of hydrogen-bond donors (Lipinski definition) is 1. The van der Waals surface area contributed by atoms with E-state index < -0.39 is 12.0 Å². The molecule has 2 atom stereocenters. The van der Waals surface area contributed by atoms with Crippen LogP contribution >= 0.6 is 11.8 Å². The van der Waals surface area contributed by atoms with Crippen LogP contribution in [0.4, 0.5) is 4.79 Å². The normalized spacial score (nSPS) is 23.8. The van der Waals surface area contributed by atoms with Crippen molar-refractivity contribution in [3.05, 3.63) is 0 Å². The summed E-state index contributed by atoms with van der Waals surface area (Å²) in [6.45, 7) is 3.23. The number of piperidine rings is 1. The minimum atomic E-state index is -0.895. The van der Waals surface area contributed by atoms with E-state index in [1.165, 1.54) is 4.90 Å². The minimum Gasteiger partial charge on any atom is -0.480 e. The number of carbonyl (C=O) groups excluding carboxylic acids is 1. The largest absolute Gasteiger partial charge is 0.480 e. The number of urea groups is 1. The summed E-state index contributed by atoms with van der Waals surface area (Å²) in [5, 5.41) is 9.22. The highest BCUT2D eigenvalue weighted by molar-refractivity contribution is 7.98. The fourth-order valence-electron chi connectivity index (χ4n) is 2.15. The molecule has 2 amide bonds. The lowest BCUT2D eigenvalue weighted by Crippen LogP contribution is -2.53. The van der Waals surface area contributed by atoms with Crippen molar-refractivity contribution >= 4 is 23.8 Å². The van der Waals surface area contributed by atoms with Crippen molar-refractivity contribution in [2.24, 2.45) is 5.92 Å². The molecule has 0 aromatic heterocycles. The smallest absolute Gasteiger partial charge is 0.326 e. The summed E-state index contributed by atoms with van der Waals surface area (Å²) < 4.78 is 0. The molecular formula is C12H22N2O3S. The van der Waals surface area contributed by atoms with Gasteiger partial charge in [0, 0.05) is 25.9 Å². The standard InChI is InChI=1S/C12H22N2O3S/c1-9-4-5-14(10(8-9)11(15)16)12(17)13(2)6-7-18-3/h9-10H,4-8H2,1-3H3,(H,15,16). The molecule has 18 heavy (non-hydrogen) atoms. The number of carbonyl (C=O) groups is 2. The van der Waals surface area contributed by atoms with Gasteiger partial charge in [-0.15, -0.1) is 0 Å². The van der Waals surface area contributed by atoms with Crippen LogP contribution in [0, 0.1) is 5.92 Å². The monoisotopic (exact) mass is 274 g/mol. The molecule has 2 unspecified atom stereocenters. The van der Waals surface area contributed by atoms with Crippen molar-refractivity contribution in [3.8, 4) is 0 Å². The number of nitrogens with zero attached hydrogens (tertiary/aromatic N) is 2. The molecule has 1 fully saturated rings. The van der Waals surface area contributed by atoms with Crippen LogP contribution in [0.1, 0.15) is 19.8 Å². The third-order valence-electron chi connectivity index (χ3n) is 3.35. The van der Waals surface area contributed by atoms with Gasteiger partial charge >= 0.3 is 12.0 Å². The van der Waals surface area contributed by atoms with Gasteiger partial charge in [0.15, 0.2) is 0 Å². The summed E-state index contributed by atoms with van der Waals surface area (Å²) in [6.07, 6.45) is 3.42. The van der Waals surface area contributed by atoms with Crippen LogP contribution in [0.5, 0.6) is 0 Å².